The fourth-order valence-electron chi connectivity index (χ4n) is 1.56. The maximum absolute atomic E-state index is 13.5. The zero-order valence-corrected chi connectivity index (χ0v) is 8.55. The summed E-state index contributed by atoms with van der Waals surface area (Å²) in [7, 11) is 0. The number of aromatic nitrogens is 1. The van der Waals surface area contributed by atoms with E-state index in [2.05, 4.69) is 4.98 Å². The zero-order chi connectivity index (χ0) is 11.7. The fraction of sp³-hybridized carbons (Fsp3) is 0.0833. The van der Waals surface area contributed by atoms with Gasteiger partial charge < -0.3 is 4.98 Å². The number of hydrogen-bond donors (Lipinski definition) is 1. The molecule has 0 aliphatic heterocycles. The molecule has 0 atom stereocenters. The van der Waals surface area contributed by atoms with Gasteiger partial charge in [0.25, 0.3) is 5.56 Å². The van der Waals surface area contributed by atoms with Crippen molar-refractivity contribution in [1.82, 2.24) is 4.98 Å². The van der Waals surface area contributed by atoms with Gasteiger partial charge in [0.2, 0.25) is 0 Å². The molecule has 0 aliphatic carbocycles. The van der Waals surface area contributed by atoms with Crippen LogP contribution in [0.15, 0.2) is 35.3 Å². The Morgan fingerprint density at radius 3 is 2.62 bits per heavy atom. The molecule has 0 radical (unpaired) electrons. The molecule has 0 bridgehead atoms. The minimum atomic E-state index is -0.934. The second-order valence-corrected chi connectivity index (χ2v) is 3.45. The highest BCUT2D eigenvalue weighted by Gasteiger charge is 2.12. The number of rotatable bonds is 1. The van der Waals surface area contributed by atoms with Crippen LogP contribution in [0.25, 0.3) is 11.1 Å². The quantitative estimate of drug-likeness (QED) is 0.788. The van der Waals surface area contributed by atoms with Crippen molar-refractivity contribution in [3.05, 3.63) is 58.0 Å². The minimum Gasteiger partial charge on any atom is -0.329 e. The van der Waals surface area contributed by atoms with Gasteiger partial charge in [0.05, 0.1) is 0 Å². The summed E-state index contributed by atoms with van der Waals surface area (Å²) >= 11 is 0. The lowest BCUT2D eigenvalue weighted by molar-refractivity contribution is 0.511. The summed E-state index contributed by atoms with van der Waals surface area (Å²) in [4.78, 5) is 13.8. The third kappa shape index (κ3) is 1.62. The zero-order valence-electron chi connectivity index (χ0n) is 8.55. The van der Waals surface area contributed by atoms with E-state index in [9.17, 15) is 13.6 Å². The molecular weight excluding hydrogens is 212 g/mol. The van der Waals surface area contributed by atoms with Crippen LogP contribution in [0.4, 0.5) is 8.78 Å². The Hall–Kier alpha value is -1.97. The minimum absolute atomic E-state index is 0.101. The van der Waals surface area contributed by atoms with Crippen molar-refractivity contribution in [2.45, 2.75) is 6.92 Å². The van der Waals surface area contributed by atoms with Crippen molar-refractivity contribution in [1.29, 1.82) is 0 Å². The summed E-state index contributed by atoms with van der Waals surface area (Å²) in [5, 5.41) is 0. The first-order valence-corrected chi connectivity index (χ1v) is 4.74. The van der Waals surface area contributed by atoms with Crippen LogP contribution in [0.3, 0.4) is 0 Å². The van der Waals surface area contributed by atoms with E-state index >= 15 is 0 Å². The lowest BCUT2D eigenvalue weighted by Gasteiger charge is -2.06. The Labute approximate surface area is 90.6 Å². The molecule has 0 unspecified atom stereocenters. The summed E-state index contributed by atoms with van der Waals surface area (Å²) in [5.74, 6) is -1.85. The van der Waals surface area contributed by atoms with Gasteiger partial charge in [-0.3, -0.25) is 4.79 Å². The Kier molecular flexibility index (Phi) is 2.56. The van der Waals surface area contributed by atoms with Gasteiger partial charge in [-0.05, 0) is 24.6 Å². The van der Waals surface area contributed by atoms with E-state index in [4.69, 9.17) is 0 Å². The summed E-state index contributed by atoms with van der Waals surface area (Å²) in [6.45, 7) is 1.57. The van der Waals surface area contributed by atoms with Crippen LogP contribution < -0.4 is 5.56 Å². The van der Waals surface area contributed by atoms with E-state index in [1.165, 1.54) is 18.3 Å². The highest BCUT2D eigenvalue weighted by Crippen LogP contribution is 2.25. The van der Waals surface area contributed by atoms with Gasteiger partial charge in [0, 0.05) is 17.3 Å². The maximum atomic E-state index is 13.5. The topological polar surface area (TPSA) is 32.9 Å². The second-order valence-electron chi connectivity index (χ2n) is 3.45. The summed E-state index contributed by atoms with van der Waals surface area (Å²) in [6.07, 6.45) is 1.41. The molecule has 1 heterocycles. The van der Waals surface area contributed by atoms with E-state index in [-0.39, 0.29) is 11.1 Å². The molecule has 2 nitrogen and oxygen atoms in total. The molecule has 2 rings (SSSR count). The third-order valence-corrected chi connectivity index (χ3v) is 2.45. The van der Waals surface area contributed by atoms with Gasteiger partial charge >= 0.3 is 0 Å². The highest BCUT2D eigenvalue weighted by molar-refractivity contribution is 5.66. The smallest absolute Gasteiger partial charge is 0.251 e. The Morgan fingerprint density at radius 1 is 1.12 bits per heavy atom. The second kappa shape index (κ2) is 3.89. The molecule has 1 N–H and O–H groups in total. The Balaban J connectivity index is 2.73. The van der Waals surface area contributed by atoms with Crippen LogP contribution in [-0.4, -0.2) is 4.98 Å². The summed E-state index contributed by atoms with van der Waals surface area (Å²) < 4.78 is 26.5. The normalized spacial score (nSPS) is 10.4. The van der Waals surface area contributed by atoms with Gasteiger partial charge in [-0.1, -0.05) is 12.1 Å². The predicted octanol–water partition coefficient (Wildman–Crippen LogP) is 2.63. The van der Waals surface area contributed by atoms with Crippen molar-refractivity contribution in [3.63, 3.8) is 0 Å². The van der Waals surface area contributed by atoms with Crippen LogP contribution >= 0.6 is 0 Å². The molecule has 0 amide bonds. The molecular formula is C12H9F2NO. The molecule has 16 heavy (non-hydrogen) atoms. The molecule has 0 aliphatic rings. The van der Waals surface area contributed by atoms with E-state index in [1.807, 2.05) is 0 Å². The molecule has 0 saturated carbocycles. The molecule has 1 aromatic heterocycles. The SMILES string of the molecule is Cc1c(-c2cccc(F)c2F)cc[nH]c1=O. The summed E-state index contributed by atoms with van der Waals surface area (Å²) in [5.41, 5.74) is 0.567. The largest absolute Gasteiger partial charge is 0.329 e. The molecule has 82 valence electrons. The number of pyridine rings is 1. The highest BCUT2D eigenvalue weighted by atomic mass is 19.2. The molecule has 0 spiro atoms. The monoisotopic (exact) mass is 221 g/mol. The van der Waals surface area contributed by atoms with Crippen LogP contribution in [0, 0.1) is 18.6 Å². The van der Waals surface area contributed by atoms with Crippen molar-refractivity contribution in [2.75, 3.05) is 0 Å². The van der Waals surface area contributed by atoms with Crippen molar-refractivity contribution < 1.29 is 8.78 Å². The Bertz CT molecular complexity index is 590. The van der Waals surface area contributed by atoms with Crippen LogP contribution in [0.5, 0.6) is 0 Å². The lowest BCUT2D eigenvalue weighted by atomic mass is 10.0. The number of aromatic amines is 1. The maximum Gasteiger partial charge on any atom is 0.251 e. The number of nitrogens with one attached hydrogen (secondary N) is 1. The van der Waals surface area contributed by atoms with Crippen LogP contribution in [0.2, 0.25) is 0 Å². The standard InChI is InChI=1S/C12H9F2NO/c1-7-8(5-6-15-12(7)16)9-3-2-4-10(13)11(9)14/h2-6H,1H3,(H,15,16). The average molecular weight is 221 g/mol. The van der Waals surface area contributed by atoms with Gasteiger partial charge in [0.1, 0.15) is 0 Å². The number of halogens is 2. The molecule has 0 saturated heterocycles. The molecule has 1 aromatic carbocycles. The first-order valence-electron chi connectivity index (χ1n) is 4.74. The lowest BCUT2D eigenvalue weighted by Crippen LogP contribution is -2.09. The van der Waals surface area contributed by atoms with Crippen molar-refractivity contribution in [3.8, 4) is 11.1 Å². The average Bonchev–Trinajstić information content (AvgIpc) is 2.27. The number of hydrogen-bond acceptors (Lipinski definition) is 1. The van der Waals surface area contributed by atoms with Crippen LogP contribution in [0.1, 0.15) is 5.56 Å². The number of benzene rings is 1. The molecule has 2 aromatic rings. The predicted molar refractivity (Wildman–Crippen MR) is 57.2 cm³/mol. The first-order chi connectivity index (χ1) is 7.61. The van der Waals surface area contributed by atoms with E-state index in [0.29, 0.717) is 11.1 Å². The molecule has 0 fully saturated rings. The molecule has 4 heteroatoms. The van der Waals surface area contributed by atoms with Gasteiger partial charge in [-0.25, -0.2) is 8.78 Å². The van der Waals surface area contributed by atoms with Gasteiger partial charge in [-0.15, -0.1) is 0 Å². The van der Waals surface area contributed by atoms with E-state index in [0.717, 1.165) is 6.07 Å². The van der Waals surface area contributed by atoms with Crippen LogP contribution in [-0.2, 0) is 0 Å². The van der Waals surface area contributed by atoms with E-state index < -0.39 is 11.6 Å². The summed E-state index contributed by atoms with van der Waals surface area (Å²) in [6, 6.07) is 5.45. The first kappa shape index (κ1) is 10.5. The van der Waals surface area contributed by atoms with Gasteiger partial charge in [-0.2, -0.15) is 0 Å². The fourth-order valence-corrected chi connectivity index (χ4v) is 1.56. The number of H-pyrrole nitrogens is 1. The third-order valence-electron chi connectivity index (χ3n) is 2.45. The van der Waals surface area contributed by atoms with Crippen molar-refractivity contribution in [2.24, 2.45) is 0 Å². The van der Waals surface area contributed by atoms with Gasteiger partial charge in [0.15, 0.2) is 11.6 Å². The van der Waals surface area contributed by atoms with E-state index in [1.54, 1.807) is 13.0 Å². The Morgan fingerprint density at radius 2 is 1.88 bits per heavy atom. The van der Waals surface area contributed by atoms with Crippen molar-refractivity contribution >= 4 is 0 Å².